The summed E-state index contributed by atoms with van der Waals surface area (Å²) in [6, 6.07) is 15.7. The molecule has 104 valence electrons. The molecule has 2 N–H and O–H groups in total. The van der Waals surface area contributed by atoms with Crippen LogP contribution in [0.15, 0.2) is 48.7 Å². The van der Waals surface area contributed by atoms with Crippen LogP contribution in [0.5, 0.6) is 5.75 Å². The van der Waals surface area contributed by atoms with Gasteiger partial charge < -0.3 is 10.1 Å². The second kappa shape index (κ2) is 5.97. The Morgan fingerprint density at radius 1 is 1.24 bits per heavy atom. The number of fused-ring (bicyclic) bond motifs is 1. The molecule has 0 saturated carbocycles. The molecule has 2 aromatic carbocycles. The van der Waals surface area contributed by atoms with Crippen molar-refractivity contribution >= 4 is 16.6 Å². The first-order valence-electron chi connectivity index (χ1n) is 6.61. The van der Waals surface area contributed by atoms with Crippen molar-refractivity contribution in [3.63, 3.8) is 0 Å². The van der Waals surface area contributed by atoms with Crippen LogP contribution in [0.2, 0.25) is 0 Å². The summed E-state index contributed by atoms with van der Waals surface area (Å²) in [5, 5.41) is 19.9. The molecule has 0 unspecified atom stereocenters. The summed E-state index contributed by atoms with van der Waals surface area (Å²) < 4.78 is 5.29. The highest BCUT2D eigenvalue weighted by Gasteiger charge is 2.00. The number of aromatic amines is 1. The minimum Gasteiger partial charge on any atom is -0.479 e. The van der Waals surface area contributed by atoms with Crippen LogP contribution in [0.25, 0.3) is 10.9 Å². The van der Waals surface area contributed by atoms with Crippen molar-refractivity contribution < 1.29 is 4.74 Å². The molecule has 0 aliphatic heterocycles. The predicted molar refractivity (Wildman–Crippen MR) is 81.0 cm³/mol. The predicted octanol–water partition coefficient (Wildman–Crippen LogP) is 3.08. The van der Waals surface area contributed by atoms with Crippen molar-refractivity contribution in [1.82, 2.24) is 10.2 Å². The molecule has 0 aliphatic rings. The van der Waals surface area contributed by atoms with Gasteiger partial charge in [-0.2, -0.15) is 10.4 Å². The first-order valence-corrected chi connectivity index (χ1v) is 6.61. The van der Waals surface area contributed by atoms with Crippen molar-refractivity contribution in [2.75, 3.05) is 11.9 Å². The molecule has 1 heterocycles. The van der Waals surface area contributed by atoms with Crippen molar-refractivity contribution in [3.05, 3.63) is 54.2 Å². The molecule has 1 aromatic heterocycles. The smallest absolute Gasteiger partial charge is 0.174 e. The fourth-order valence-corrected chi connectivity index (χ4v) is 2.12. The van der Waals surface area contributed by atoms with Gasteiger partial charge >= 0.3 is 0 Å². The average molecular weight is 278 g/mol. The van der Waals surface area contributed by atoms with E-state index in [2.05, 4.69) is 21.6 Å². The van der Waals surface area contributed by atoms with Crippen molar-refractivity contribution in [1.29, 1.82) is 5.26 Å². The highest BCUT2D eigenvalue weighted by atomic mass is 16.5. The number of hydrogen-bond acceptors (Lipinski definition) is 4. The zero-order valence-corrected chi connectivity index (χ0v) is 11.3. The fourth-order valence-electron chi connectivity index (χ4n) is 2.12. The van der Waals surface area contributed by atoms with E-state index in [1.54, 1.807) is 6.20 Å². The Morgan fingerprint density at radius 3 is 3.10 bits per heavy atom. The van der Waals surface area contributed by atoms with Crippen LogP contribution in [0, 0.1) is 11.3 Å². The van der Waals surface area contributed by atoms with Crippen LogP contribution in [-0.2, 0) is 6.54 Å². The van der Waals surface area contributed by atoms with E-state index in [1.807, 2.05) is 42.5 Å². The van der Waals surface area contributed by atoms with Crippen LogP contribution in [0.1, 0.15) is 5.56 Å². The Hall–Kier alpha value is -3.00. The minimum atomic E-state index is 0.0635. The lowest BCUT2D eigenvalue weighted by Crippen LogP contribution is -2.00. The van der Waals surface area contributed by atoms with E-state index in [-0.39, 0.29) is 6.61 Å². The first kappa shape index (κ1) is 13.0. The Balaban J connectivity index is 1.67. The van der Waals surface area contributed by atoms with Crippen LogP contribution >= 0.6 is 0 Å². The maximum atomic E-state index is 8.52. The quantitative estimate of drug-likeness (QED) is 0.752. The van der Waals surface area contributed by atoms with Gasteiger partial charge in [0, 0.05) is 17.6 Å². The second-order valence-corrected chi connectivity index (χ2v) is 4.62. The van der Waals surface area contributed by atoms with Crippen LogP contribution in [-0.4, -0.2) is 16.8 Å². The lowest BCUT2D eigenvalue weighted by molar-refractivity contribution is 0.368. The number of nitrogens with one attached hydrogen (secondary N) is 2. The van der Waals surface area contributed by atoms with Gasteiger partial charge in [0.05, 0.1) is 11.7 Å². The van der Waals surface area contributed by atoms with Crippen molar-refractivity contribution in [3.8, 4) is 11.8 Å². The number of benzene rings is 2. The summed E-state index contributed by atoms with van der Waals surface area (Å²) in [4.78, 5) is 0. The molecular formula is C16H14N4O. The van der Waals surface area contributed by atoms with Crippen molar-refractivity contribution in [2.24, 2.45) is 0 Å². The molecule has 0 saturated heterocycles. The molecule has 0 atom stereocenters. The summed E-state index contributed by atoms with van der Waals surface area (Å²) in [5.74, 6) is 0.709. The number of aromatic nitrogens is 2. The molecule has 0 bridgehead atoms. The van der Waals surface area contributed by atoms with Gasteiger partial charge in [-0.1, -0.05) is 12.1 Å². The molecule has 0 amide bonds. The number of hydrogen-bond donors (Lipinski definition) is 2. The molecule has 5 nitrogen and oxygen atoms in total. The molecule has 3 aromatic rings. The van der Waals surface area contributed by atoms with E-state index < -0.39 is 0 Å². The van der Waals surface area contributed by atoms with E-state index in [0.29, 0.717) is 12.3 Å². The van der Waals surface area contributed by atoms with Gasteiger partial charge in [0.1, 0.15) is 11.8 Å². The third kappa shape index (κ3) is 3.12. The molecule has 0 spiro atoms. The zero-order chi connectivity index (χ0) is 14.5. The molecule has 21 heavy (non-hydrogen) atoms. The summed E-state index contributed by atoms with van der Waals surface area (Å²) in [6.07, 6.45) is 1.80. The largest absolute Gasteiger partial charge is 0.479 e. The van der Waals surface area contributed by atoms with Gasteiger partial charge in [-0.3, -0.25) is 5.10 Å². The highest BCUT2D eigenvalue weighted by Crippen LogP contribution is 2.18. The number of rotatable bonds is 5. The number of H-pyrrole nitrogens is 1. The van der Waals surface area contributed by atoms with Gasteiger partial charge in [0.15, 0.2) is 6.61 Å². The van der Waals surface area contributed by atoms with E-state index in [9.17, 15) is 0 Å². The Morgan fingerprint density at radius 2 is 2.19 bits per heavy atom. The first-order chi connectivity index (χ1) is 10.3. The number of ether oxygens (including phenoxy) is 1. The summed E-state index contributed by atoms with van der Waals surface area (Å²) in [7, 11) is 0. The highest BCUT2D eigenvalue weighted by molar-refractivity contribution is 5.81. The summed E-state index contributed by atoms with van der Waals surface area (Å²) >= 11 is 0. The second-order valence-electron chi connectivity index (χ2n) is 4.62. The Kier molecular flexibility index (Phi) is 3.70. The maximum absolute atomic E-state index is 8.52. The molecule has 0 fully saturated rings. The normalized spacial score (nSPS) is 10.2. The van der Waals surface area contributed by atoms with E-state index in [0.717, 1.165) is 22.2 Å². The third-order valence-corrected chi connectivity index (χ3v) is 3.14. The standard InChI is InChI=1S/C16H14N4O/c17-6-7-21-15-3-1-2-12(8-15)10-18-14-4-5-16-13(9-14)11-19-20-16/h1-5,8-9,11,18H,7,10H2,(H,19,20). The Labute approximate surface area is 122 Å². The van der Waals surface area contributed by atoms with Gasteiger partial charge in [-0.15, -0.1) is 0 Å². The zero-order valence-electron chi connectivity index (χ0n) is 11.3. The molecule has 0 radical (unpaired) electrons. The number of nitrogens with zero attached hydrogens (tertiary/aromatic N) is 2. The van der Waals surface area contributed by atoms with Gasteiger partial charge in [-0.05, 0) is 35.9 Å². The summed E-state index contributed by atoms with van der Waals surface area (Å²) in [5.41, 5.74) is 3.15. The van der Waals surface area contributed by atoms with Crippen LogP contribution < -0.4 is 10.1 Å². The van der Waals surface area contributed by atoms with E-state index in [4.69, 9.17) is 10.00 Å². The molecular weight excluding hydrogens is 264 g/mol. The lowest BCUT2D eigenvalue weighted by atomic mass is 10.2. The van der Waals surface area contributed by atoms with Gasteiger partial charge in [0.25, 0.3) is 0 Å². The Bertz CT molecular complexity index is 788. The lowest BCUT2D eigenvalue weighted by Gasteiger charge is -2.08. The number of anilines is 1. The topological polar surface area (TPSA) is 73.7 Å². The summed E-state index contributed by atoms with van der Waals surface area (Å²) in [6.45, 7) is 0.751. The third-order valence-electron chi connectivity index (χ3n) is 3.14. The fraction of sp³-hybridized carbons (Fsp3) is 0.125. The minimum absolute atomic E-state index is 0.0635. The molecule has 5 heteroatoms. The van der Waals surface area contributed by atoms with Gasteiger partial charge in [0.2, 0.25) is 0 Å². The molecule has 0 aliphatic carbocycles. The maximum Gasteiger partial charge on any atom is 0.174 e. The van der Waals surface area contributed by atoms with Crippen molar-refractivity contribution in [2.45, 2.75) is 6.54 Å². The van der Waals surface area contributed by atoms with Crippen LogP contribution in [0.3, 0.4) is 0 Å². The monoisotopic (exact) mass is 278 g/mol. The number of nitriles is 1. The average Bonchev–Trinajstić information content (AvgIpc) is 2.99. The van der Waals surface area contributed by atoms with Crippen LogP contribution in [0.4, 0.5) is 5.69 Å². The van der Waals surface area contributed by atoms with Gasteiger partial charge in [-0.25, -0.2) is 0 Å². The SMILES string of the molecule is N#CCOc1cccc(CNc2ccc3[nH]ncc3c2)c1. The van der Waals surface area contributed by atoms with E-state index in [1.165, 1.54) is 0 Å². The van der Waals surface area contributed by atoms with E-state index >= 15 is 0 Å². The molecule has 3 rings (SSSR count).